The van der Waals surface area contributed by atoms with Crippen molar-refractivity contribution in [1.29, 1.82) is 0 Å². The number of nitrogens with one attached hydrogen (secondary N) is 1. The van der Waals surface area contributed by atoms with E-state index < -0.39 is 5.82 Å². The zero-order chi connectivity index (χ0) is 18.7. The fourth-order valence-electron chi connectivity index (χ4n) is 2.62. The second-order valence-corrected chi connectivity index (χ2v) is 6.80. The third kappa shape index (κ3) is 4.38. The van der Waals surface area contributed by atoms with Crippen molar-refractivity contribution in [3.63, 3.8) is 0 Å². The molecule has 2 aromatic rings. The topological polar surface area (TPSA) is 64.2 Å². The molecule has 26 heavy (non-hydrogen) atoms. The first-order valence-corrected chi connectivity index (χ1v) is 8.82. The third-order valence-electron chi connectivity index (χ3n) is 4.11. The Hall–Kier alpha value is -2.02. The van der Waals surface area contributed by atoms with Crippen LogP contribution in [0.25, 0.3) is 0 Å². The lowest BCUT2D eigenvalue weighted by Gasteiger charge is -2.13. The van der Waals surface area contributed by atoms with E-state index in [-0.39, 0.29) is 30.3 Å². The summed E-state index contributed by atoms with van der Waals surface area (Å²) in [6.07, 6.45) is 0. The lowest BCUT2D eigenvalue weighted by Crippen LogP contribution is -2.87. The molecule has 0 spiro atoms. The highest BCUT2D eigenvalue weighted by molar-refractivity contribution is 6.35. The molecule has 138 valence electrons. The van der Waals surface area contributed by atoms with Crippen LogP contribution in [0.4, 0.5) is 4.39 Å². The third-order valence-corrected chi connectivity index (χ3v) is 4.73. The summed E-state index contributed by atoms with van der Waals surface area (Å²) in [6.45, 7) is 2.63. The molecule has 1 atom stereocenters. The number of halogens is 3. The Morgan fingerprint density at radius 3 is 2.81 bits per heavy atom. The highest BCUT2D eigenvalue weighted by Crippen LogP contribution is 2.32. The molecule has 0 aliphatic carbocycles. The van der Waals surface area contributed by atoms with E-state index in [0.29, 0.717) is 28.6 Å². The summed E-state index contributed by atoms with van der Waals surface area (Å²) in [4.78, 5) is 12.1. The van der Waals surface area contributed by atoms with Crippen LogP contribution in [0.5, 0.6) is 11.5 Å². The van der Waals surface area contributed by atoms with Gasteiger partial charge in [0.25, 0.3) is 5.91 Å². The van der Waals surface area contributed by atoms with Crippen LogP contribution in [-0.2, 0) is 11.3 Å². The Morgan fingerprint density at radius 2 is 2.00 bits per heavy atom. The van der Waals surface area contributed by atoms with Crippen LogP contribution < -0.4 is 20.1 Å². The van der Waals surface area contributed by atoms with Gasteiger partial charge in [-0.05, 0) is 36.8 Å². The molecule has 3 rings (SSSR count). The molecule has 0 fully saturated rings. The van der Waals surface area contributed by atoms with E-state index in [1.807, 2.05) is 25.1 Å². The molecule has 0 bridgehead atoms. The molecule has 3 N–H and O–H groups in total. The highest BCUT2D eigenvalue weighted by Gasteiger charge is 2.18. The lowest BCUT2D eigenvalue weighted by atomic mass is 10.1. The number of carbonyl (C=O) groups is 1. The van der Waals surface area contributed by atoms with Crippen molar-refractivity contribution in [1.82, 2.24) is 5.32 Å². The van der Waals surface area contributed by atoms with Crippen LogP contribution in [0.2, 0.25) is 10.0 Å². The number of amides is 1. The normalized spacial score (nSPS) is 13.5. The highest BCUT2D eigenvalue weighted by atomic mass is 35.5. The summed E-state index contributed by atoms with van der Waals surface area (Å²) >= 11 is 11.8. The minimum atomic E-state index is -0.529. The van der Waals surface area contributed by atoms with Gasteiger partial charge in [-0.3, -0.25) is 4.79 Å². The second kappa shape index (κ2) is 8.12. The van der Waals surface area contributed by atoms with Crippen LogP contribution in [0, 0.1) is 5.82 Å². The van der Waals surface area contributed by atoms with E-state index in [4.69, 9.17) is 32.7 Å². The molecule has 0 radical (unpaired) electrons. The number of quaternary nitrogens is 1. The van der Waals surface area contributed by atoms with Gasteiger partial charge in [-0.15, -0.1) is 0 Å². The predicted molar refractivity (Wildman–Crippen MR) is 96.0 cm³/mol. The summed E-state index contributed by atoms with van der Waals surface area (Å²) in [6, 6.07) is 8.01. The van der Waals surface area contributed by atoms with Crippen molar-refractivity contribution in [2.75, 3.05) is 13.3 Å². The quantitative estimate of drug-likeness (QED) is 0.734. The Bertz CT molecular complexity index is 832. The number of carbonyl (C=O) groups excluding carboxylic acids is 1. The average Bonchev–Trinajstić information content (AvgIpc) is 3.08. The number of ether oxygens (including phenoxy) is 2. The van der Waals surface area contributed by atoms with Crippen molar-refractivity contribution in [3.05, 3.63) is 57.3 Å². The molecule has 0 saturated heterocycles. The SMILES string of the molecule is C[C@H]([NH2+]CC(=O)NCc1ccc2c(c1)OCO2)c1cc(F)c(Cl)cc1Cl. The molecule has 0 saturated carbocycles. The van der Waals surface area contributed by atoms with E-state index in [9.17, 15) is 9.18 Å². The number of nitrogens with two attached hydrogens (primary N) is 1. The van der Waals surface area contributed by atoms with Crippen molar-refractivity contribution < 1.29 is 24.0 Å². The summed E-state index contributed by atoms with van der Waals surface area (Å²) in [5.41, 5.74) is 1.51. The van der Waals surface area contributed by atoms with Gasteiger partial charge in [-0.1, -0.05) is 29.3 Å². The smallest absolute Gasteiger partial charge is 0.275 e. The fourth-order valence-corrected chi connectivity index (χ4v) is 3.18. The van der Waals surface area contributed by atoms with Crippen LogP contribution in [0.1, 0.15) is 24.1 Å². The van der Waals surface area contributed by atoms with E-state index in [2.05, 4.69) is 5.32 Å². The minimum absolute atomic E-state index is 0.0209. The predicted octanol–water partition coefficient (Wildman–Crippen LogP) is 2.80. The molecule has 0 aromatic heterocycles. The minimum Gasteiger partial charge on any atom is -0.454 e. The van der Waals surface area contributed by atoms with Gasteiger partial charge >= 0.3 is 0 Å². The number of fused-ring (bicyclic) bond motifs is 1. The molecule has 0 unspecified atom stereocenters. The van der Waals surface area contributed by atoms with Gasteiger partial charge in [0, 0.05) is 12.1 Å². The average molecular weight is 400 g/mol. The zero-order valence-corrected chi connectivity index (χ0v) is 15.5. The molecule has 1 heterocycles. The summed E-state index contributed by atoms with van der Waals surface area (Å²) in [5.74, 6) is 0.712. The van der Waals surface area contributed by atoms with Gasteiger partial charge < -0.3 is 20.1 Å². The van der Waals surface area contributed by atoms with Crippen molar-refractivity contribution in [3.8, 4) is 11.5 Å². The Morgan fingerprint density at radius 1 is 1.23 bits per heavy atom. The first-order chi connectivity index (χ1) is 12.4. The van der Waals surface area contributed by atoms with Crippen LogP contribution in [0.3, 0.4) is 0 Å². The molecular weight excluding hydrogens is 382 g/mol. The summed E-state index contributed by atoms with van der Waals surface area (Å²) in [5, 5.41) is 4.97. The summed E-state index contributed by atoms with van der Waals surface area (Å²) in [7, 11) is 0. The van der Waals surface area contributed by atoms with Gasteiger partial charge in [-0.2, -0.15) is 0 Å². The van der Waals surface area contributed by atoms with Crippen LogP contribution >= 0.6 is 23.2 Å². The van der Waals surface area contributed by atoms with Gasteiger partial charge in [-0.25, -0.2) is 4.39 Å². The first kappa shape index (κ1) is 18.8. The maximum atomic E-state index is 13.6. The Labute approximate surface area is 160 Å². The second-order valence-electron chi connectivity index (χ2n) is 5.98. The Kier molecular flexibility index (Phi) is 5.86. The molecule has 1 aliphatic rings. The molecule has 1 amide bonds. The fraction of sp³-hybridized carbons (Fsp3) is 0.278. The Balaban J connectivity index is 1.50. The van der Waals surface area contributed by atoms with E-state index in [1.165, 1.54) is 12.1 Å². The molecule has 8 heteroatoms. The molecule has 2 aromatic carbocycles. The lowest BCUT2D eigenvalue weighted by molar-refractivity contribution is -0.682. The van der Waals surface area contributed by atoms with Crippen molar-refractivity contribution in [2.45, 2.75) is 19.5 Å². The van der Waals surface area contributed by atoms with Gasteiger partial charge in [0.1, 0.15) is 11.9 Å². The number of benzene rings is 2. The van der Waals surface area contributed by atoms with E-state index in [1.54, 1.807) is 5.32 Å². The zero-order valence-electron chi connectivity index (χ0n) is 14.0. The van der Waals surface area contributed by atoms with Crippen molar-refractivity contribution >= 4 is 29.1 Å². The largest absolute Gasteiger partial charge is 0.454 e. The maximum absolute atomic E-state index is 13.6. The standard InChI is InChI=1S/C18H17Cl2FN2O3/c1-10(12-5-15(21)14(20)6-13(12)19)22-8-18(24)23-7-11-2-3-16-17(4-11)26-9-25-16/h2-6,10,22H,7-9H2,1H3,(H,23,24)/p+1/t10-/m0/s1. The number of rotatable bonds is 6. The number of hydrogen-bond acceptors (Lipinski definition) is 3. The van der Waals surface area contributed by atoms with Crippen LogP contribution in [-0.4, -0.2) is 19.2 Å². The molecule has 1 aliphatic heterocycles. The van der Waals surface area contributed by atoms with Crippen molar-refractivity contribution in [2.24, 2.45) is 0 Å². The van der Waals surface area contributed by atoms with E-state index in [0.717, 1.165) is 5.56 Å². The van der Waals surface area contributed by atoms with Gasteiger partial charge in [0.05, 0.1) is 10.0 Å². The van der Waals surface area contributed by atoms with Gasteiger partial charge in [0.2, 0.25) is 6.79 Å². The maximum Gasteiger partial charge on any atom is 0.275 e. The van der Waals surface area contributed by atoms with Gasteiger partial charge in [0.15, 0.2) is 18.0 Å². The monoisotopic (exact) mass is 399 g/mol. The van der Waals surface area contributed by atoms with E-state index >= 15 is 0 Å². The number of hydrogen-bond donors (Lipinski definition) is 2. The molecular formula is C18H18Cl2FN2O3+. The summed E-state index contributed by atoms with van der Waals surface area (Å²) < 4.78 is 24.2. The van der Waals surface area contributed by atoms with Crippen LogP contribution in [0.15, 0.2) is 30.3 Å². The first-order valence-electron chi connectivity index (χ1n) is 8.07. The molecule has 5 nitrogen and oxygen atoms in total.